The fourth-order valence-electron chi connectivity index (χ4n) is 3.86. The van der Waals surface area contributed by atoms with Crippen LogP contribution in [0.3, 0.4) is 0 Å². The Kier molecular flexibility index (Phi) is 8.16. The van der Waals surface area contributed by atoms with Crippen LogP contribution in [0.25, 0.3) is 0 Å². The molecule has 0 aliphatic rings. The van der Waals surface area contributed by atoms with Gasteiger partial charge < -0.3 is 25.0 Å². The molecule has 1 aromatic heterocycles. The zero-order valence-electron chi connectivity index (χ0n) is 22.5. The lowest BCUT2D eigenvalue weighted by Crippen LogP contribution is -2.20. The van der Waals surface area contributed by atoms with Crippen LogP contribution in [0.1, 0.15) is 31.9 Å². The van der Waals surface area contributed by atoms with Gasteiger partial charge in [0, 0.05) is 37.2 Å². The monoisotopic (exact) mass is 510 g/mol. The largest absolute Gasteiger partial charge is 0.489 e. The summed E-state index contributed by atoms with van der Waals surface area (Å²) in [6, 6.07) is 26.4. The van der Waals surface area contributed by atoms with E-state index in [0.29, 0.717) is 35.4 Å². The first-order valence-corrected chi connectivity index (χ1v) is 12.5. The molecule has 38 heavy (non-hydrogen) atoms. The van der Waals surface area contributed by atoms with E-state index < -0.39 is 6.03 Å². The van der Waals surface area contributed by atoms with Gasteiger partial charge >= 0.3 is 6.03 Å². The van der Waals surface area contributed by atoms with Gasteiger partial charge in [-0.1, -0.05) is 51.1 Å². The van der Waals surface area contributed by atoms with Gasteiger partial charge in [-0.2, -0.15) is 0 Å². The smallest absolute Gasteiger partial charge is 0.323 e. The predicted molar refractivity (Wildman–Crippen MR) is 154 cm³/mol. The van der Waals surface area contributed by atoms with Gasteiger partial charge in [0.05, 0.1) is 0 Å². The number of nitrogens with one attached hydrogen (secondary N) is 2. The standard InChI is InChI=1S/C31H34N4O3/c1-31(2,3)26-12-6-7-14-28(26)38-29-27(13-9-19-32-29)34-30(36)33-23-15-17-25(18-16-23)37-21-22-10-8-11-24(20-22)35(4)5/h6-20H,21H2,1-5H3,(H2,33,34,36). The lowest BCUT2D eigenvalue weighted by molar-refractivity contribution is 0.262. The minimum atomic E-state index is -0.402. The summed E-state index contributed by atoms with van der Waals surface area (Å²) >= 11 is 0. The van der Waals surface area contributed by atoms with Gasteiger partial charge in [-0.05, 0) is 65.6 Å². The molecule has 0 unspecified atom stereocenters. The third-order valence-corrected chi connectivity index (χ3v) is 5.87. The van der Waals surface area contributed by atoms with Crippen molar-refractivity contribution in [2.24, 2.45) is 0 Å². The highest BCUT2D eigenvalue weighted by Crippen LogP contribution is 2.35. The molecule has 2 amide bonds. The first-order valence-electron chi connectivity index (χ1n) is 12.5. The average Bonchev–Trinajstić information content (AvgIpc) is 2.89. The van der Waals surface area contributed by atoms with Gasteiger partial charge in [0.25, 0.3) is 0 Å². The van der Waals surface area contributed by atoms with Crippen LogP contribution in [-0.2, 0) is 12.0 Å². The molecule has 0 bridgehead atoms. The van der Waals surface area contributed by atoms with E-state index >= 15 is 0 Å². The Morgan fingerprint density at radius 3 is 2.39 bits per heavy atom. The van der Waals surface area contributed by atoms with Crippen LogP contribution in [0.15, 0.2) is 91.1 Å². The van der Waals surface area contributed by atoms with Crippen LogP contribution in [-0.4, -0.2) is 25.1 Å². The fourth-order valence-corrected chi connectivity index (χ4v) is 3.86. The van der Waals surface area contributed by atoms with E-state index in [1.54, 1.807) is 30.5 Å². The Morgan fingerprint density at radius 2 is 1.66 bits per heavy atom. The Balaban J connectivity index is 1.37. The molecular weight excluding hydrogens is 476 g/mol. The summed E-state index contributed by atoms with van der Waals surface area (Å²) in [5, 5.41) is 5.68. The third kappa shape index (κ3) is 7.03. The minimum absolute atomic E-state index is 0.109. The van der Waals surface area contributed by atoms with Crippen LogP contribution in [0.5, 0.6) is 17.4 Å². The number of anilines is 3. The number of carbonyl (C=O) groups is 1. The van der Waals surface area contributed by atoms with E-state index in [4.69, 9.17) is 9.47 Å². The SMILES string of the molecule is CN(C)c1cccc(COc2ccc(NC(=O)Nc3cccnc3Oc3ccccc3C(C)(C)C)cc2)c1. The van der Waals surface area contributed by atoms with Crippen LogP contribution in [0.2, 0.25) is 0 Å². The number of para-hydroxylation sites is 1. The quantitative estimate of drug-likeness (QED) is 0.257. The fraction of sp³-hybridized carbons (Fsp3) is 0.226. The summed E-state index contributed by atoms with van der Waals surface area (Å²) in [4.78, 5) is 19.2. The maximum Gasteiger partial charge on any atom is 0.323 e. The maximum absolute atomic E-state index is 12.8. The number of aromatic nitrogens is 1. The number of urea groups is 1. The van der Waals surface area contributed by atoms with Gasteiger partial charge in [0.1, 0.15) is 23.8 Å². The van der Waals surface area contributed by atoms with Crippen LogP contribution in [0, 0.1) is 0 Å². The summed E-state index contributed by atoms with van der Waals surface area (Å²) in [7, 11) is 4.02. The predicted octanol–water partition coefficient (Wildman–Crippen LogP) is 7.46. The van der Waals surface area contributed by atoms with Crippen LogP contribution in [0.4, 0.5) is 21.9 Å². The molecule has 7 heteroatoms. The van der Waals surface area contributed by atoms with Crippen molar-refractivity contribution in [1.82, 2.24) is 4.98 Å². The first-order chi connectivity index (χ1) is 18.2. The number of carbonyl (C=O) groups excluding carboxylic acids is 1. The molecule has 4 rings (SSSR count). The topological polar surface area (TPSA) is 75.7 Å². The summed E-state index contributed by atoms with van der Waals surface area (Å²) in [6.07, 6.45) is 1.63. The van der Waals surface area contributed by atoms with Gasteiger partial charge in [0.15, 0.2) is 0 Å². The first kappa shape index (κ1) is 26.5. The van der Waals surface area contributed by atoms with Crippen molar-refractivity contribution in [3.8, 4) is 17.4 Å². The number of rotatable bonds is 8. The summed E-state index contributed by atoms with van der Waals surface area (Å²) in [5.74, 6) is 1.74. The van der Waals surface area contributed by atoms with E-state index in [2.05, 4.69) is 53.4 Å². The van der Waals surface area contributed by atoms with Crippen molar-refractivity contribution < 1.29 is 14.3 Å². The van der Waals surface area contributed by atoms with Gasteiger partial charge in [-0.15, -0.1) is 0 Å². The minimum Gasteiger partial charge on any atom is -0.489 e. The Hall–Kier alpha value is -4.52. The van der Waals surface area contributed by atoms with Crippen LogP contribution >= 0.6 is 0 Å². The van der Waals surface area contributed by atoms with Gasteiger partial charge in [-0.25, -0.2) is 9.78 Å². The Morgan fingerprint density at radius 1 is 0.895 bits per heavy atom. The number of benzene rings is 3. The maximum atomic E-state index is 12.8. The third-order valence-electron chi connectivity index (χ3n) is 5.87. The molecule has 0 atom stereocenters. The number of pyridine rings is 1. The second-order valence-electron chi connectivity index (χ2n) is 10.2. The summed E-state index contributed by atoms with van der Waals surface area (Å²) in [6.45, 7) is 6.83. The highest BCUT2D eigenvalue weighted by Gasteiger charge is 2.20. The zero-order chi connectivity index (χ0) is 27.1. The second-order valence-corrected chi connectivity index (χ2v) is 10.2. The normalized spacial score (nSPS) is 11.0. The molecule has 0 fully saturated rings. The van der Waals surface area contributed by atoms with Gasteiger partial charge in [0.2, 0.25) is 5.88 Å². The van der Waals surface area contributed by atoms with Gasteiger partial charge in [-0.3, -0.25) is 0 Å². The van der Waals surface area contributed by atoms with E-state index in [9.17, 15) is 4.79 Å². The second kappa shape index (κ2) is 11.7. The van der Waals surface area contributed by atoms with Crippen molar-refractivity contribution in [3.05, 3.63) is 102 Å². The molecular formula is C31H34N4O3. The number of hydrogen-bond acceptors (Lipinski definition) is 5. The zero-order valence-corrected chi connectivity index (χ0v) is 22.5. The Bertz CT molecular complexity index is 1380. The van der Waals surface area contributed by atoms with E-state index in [1.165, 1.54) is 0 Å². The molecule has 196 valence electrons. The molecule has 7 nitrogen and oxygen atoms in total. The number of ether oxygens (including phenoxy) is 2. The van der Waals surface area contributed by atoms with Crippen molar-refractivity contribution >= 4 is 23.1 Å². The van der Waals surface area contributed by atoms with E-state index in [-0.39, 0.29) is 5.41 Å². The van der Waals surface area contributed by atoms with E-state index in [1.807, 2.05) is 62.6 Å². The van der Waals surface area contributed by atoms with Crippen molar-refractivity contribution in [1.29, 1.82) is 0 Å². The number of hydrogen-bond donors (Lipinski definition) is 2. The molecule has 2 N–H and O–H groups in total. The highest BCUT2D eigenvalue weighted by molar-refractivity contribution is 6.00. The molecule has 0 spiro atoms. The lowest BCUT2D eigenvalue weighted by atomic mass is 9.86. The highest BCUT2D eigenvalue weighted by atomic mass is 16.5. The average molecular weight is 511 g/mol. The molecule has 3 aromatic carbocycles. The summed E-state index contributed by atoms with van der Waals surface area (Å²) in [5.41, 5.74) is 4.24. The van der Waals surface area contributed by atoms with E-state index in [0.717, 1.165) is 16.8 Å². The van der Waals surface area contributed by atoms with Crippen molar-refractivity contribution in [3.63, 3.8) is 0 Å². The number of amides is 2. The van der Waals surface area contributed by atoms with Crippen molar-refractivity contribution in [2.45, 2.75) is 32.8 Å². The Labute approximate surface area is 224 Å². The molecule has 4 aromatic rings. The van der Waals surface area contributed by atoms with Crippen LogP contribution < -0.4 is 25.0 Å². The molecule has 0 aliphatic carbocycles. The van der Waals surface area contributed by atoms with Crippen molar-refractivity contribution in [2.75, 3.05) is 29.6 Å². The molecule has 0 saturated carbocycles. The lowest BCUT2D eigenvalue weighted by Gasteiger charge is -2.22. The molecule has 0 saturated heterocycles. The summed E-state index contributed by atoms with van der Waals surface area (Å²) < 4.78 is 12.1. The molecule has 0 radical (unpaired) electrons. The molecule has 1 heterocycles. The number of nitrogens with zero attached hydrogens (tertiary/aromatic N) is 2. The molecule has 0 aliphatic heterocycles.